The van der Waals surface area contributed by atoms with Crippen molar-refractivity contribution >= 4 is 5.97 Å². The number of unbranched alkanes of at least 4 members (excludes halogenated alkanes) is 1. The number of esters is 1. The number of carbonyl (C=O) groups excluding carboxylic acids is 1. The van der Waals surface area contributed by atoms with E-state index in [1.54, 1.807) is 0 Å². The first-order chi connectivity index (χ1) is 6.83. The van der Waals surface area contributed by atoms with Gasteiger partial charge in [-0.05, 0) is 12.8 Å². The molecule has 0 N–H and O–H groups in total. The van der Waals surface area contributed by atoms with Gasteiger partial charge in [0.15, 0.2) is 0 Å². The van der Waals surface area contributed by atoms with Crippen LogP contribution < -0.4 is 0 Å². The molecule has 14 heavy (non-hydrogen) atoms. The molecule has 0 bridgehead atoms. The first-order valence-corrected chi connectivity index (χ1v) is 5.18. The number of carbonyl (C=O) groups is 1. The van der Waals surface area contributed by atoms with Crippen molar-refractivity contribution in [2.24, 2.45) is 0 Å². The maximum atomic E-state index is 11.1. The molecule has 0 aliphatic carbocycles. The fourth-order valence-electron chi connectivity index (χ4n) is 1.20. The van der Waals surface area contributed by atoms with E-state index < -0.39 is 0 Å². The Balaban J connectivity index is 1.96. The van der Waals surface area contributed by atoms with Gasteiger partial charge in [-0.3, -0.25) is 0 Å². The van der Waals surface area contributed by atoms with Crippen LogP contribution >= 0.6 is 0 Å². The summed E-state index contributed by atoms with van der Waals surface area (Å²) in [6.45, 7) is 3.94. The standard InChI is InChI=1S/C10H18O4/c1-2-3-5-13-10(11)8-14-9-4-6-12-7-9/h9H,2-8H2,1H3. The minimum absolute atomic E-state index is 0.0533. The summed E-state index contributed by atoms with van der Waals surface area (Å²) < 4.78 is 15.3. The maximum absolute atomic E-state index is 11.1. The molecule has 0 radical (unpaired) electrons. The highest BCUT2D eigenvalue weighted by Gasteiger charge is 2.17. The molecule has 4 heteroatoms. The molecule has 0 aromatic heterocycles. The van der Waals surface area contributed by atoms with Crippen molar-refractivity contribution in [3.8, 4) is 0 Å². The summed E-state index contributed by atoms with van der Waals surface area (Å²) in [5, 5.41) is 0. The predicted molar refractivity (Wildman–Crippen MR) is 51.0 cm³/mol. The average Bonchev–Trinajstić information content (AvgIpc) is 2.68. The van der Waals surface area contributed by atoms with Crippen molar-refractivity contribution < 1.29 is 19.0 Å². The van der Waals surface area contributed by atoms with Gasteiger partial charge in [-0.15, -0.1) is 0 Å². The van der Waals surface area contributed by atoms with E-state index in [0.29, 0.717) is 13.2 Å². The molecule has 1 aliphatic rings. The van der Waals surface area contributed by atoms with Crippen molar-refractivity contribution in [1.29, 1.82) is 0 Å². The second-order valence-corrected chi connectivity index (χ2v) is 3.37. The third kappa shape index (κ3) is 4.58. The zero-order valence-corrected chi connectivity index (χ0v) is 8.66. The third-order valence-corrected chi connectivity index (χ3v) is 2.09. The summed E-state index contributed by atoms with van der Waals surface area (Å²) in [6.07, 6.45) is 2.90. The van der Waals surface area contributed by atoms with Gasteiger partial charge in [-0.2, -0.15) is 0 Å². The van der Waals surface area contributed by atoms with Crippen LogP contribution in [0.2, 0.25) is 0 Å². The smallest absolute Gasteiger partial charge is 0.332 e. The number of hydrogen-bond donors (Lipinski definition) is 0. The summed E-state index contributed by atoms with van der Waals surface area (Å²) in [6, 6.07) is 0. The molecule has 1 aliphatic heterocycles. The molecule has 0 amide bonds. The first-order valence-electron chi connectivity index (χ1n) is 5.18. The van der Waals surface area contributed by atoms with Crippen LogP contribution in [0.15, 0.2) is 0 Å². The summed E-state index contributed by atoms with van der Waals surface area (Å²) >= 11 is 0. The normalized spacial score (nSPS) is 21.1. The lowest BCUT2D eigenvalue weighted by atomic mass is 10.3. The lowest BCUT2D eigenvalue weighted by Crippen LogP contribution is -2.20. The van der Waals surface area contributed by atoms with Crippen molar-refractivity contribution in [3.05, 3.63) is 0 Å². The Kier molecular flexibility index (Phi) is 5.56. The van der Waals surface area contributed by atoms with Crippen LogP contribution in [-0.4, -0.2) is 38.5 Å². The predicted octanol–water partition coefficient (Wildman–Crippen LogP) is 1.14. The van der Waals surface area contributed by atoms with Gasteiger partial charge in [0.1, 0.15) is 6.61 Å². The lowest BCUT2D eigenvalue weighted by Gasteiger charge is -2.09. The molecule has 1 atom stereocenters. The first kappa shape index (κ1) is 11.5. The van der Waals surface area contributed by atoms with E-state index in [-0.39, 0.29) is 18.7 Å². The van der Waals surface area contributed by atoms with Crippen molar-refractivity contribution in [3.63, 3.8) is 0 Å². The topological polar surface area (TPSA) is 44.8 Å². The largest absolute Gasteiger partial charge is 0.464 e. The molecule has 0 saturated carbocycles. The summed E-state index contributed by atoms with van der Waals surface area (Å²) in [5.74, 6) is -0.273. The molecular formula is C10H18O4. The molecule has 4 nitrogen and oxygen atoms in total. The van der Waals surface area contributed by atoms with Gasteiger partial charge in [-0.25, -0.2) is 4.79 Å². The van der Waals surface area contributed by atoms with E-state index >= 15 is 0 Å². The van der Waals surface area contributed by atoms with Crippen molar-refractivity contribution in [2.45, 2.75) is 32.3 Å². The van der Waals surface area contributed by atoms with Crippen LogP contribution in [0.1, 0.15) is 26.2 Å². The minimum Gasteiger partial charge on any atom is -0.464 e. The van der Waals surface area contributed by atoms with Crippen LogP contribution in [0.3, 0.4) is 0 Å². The number of rotatable bonds is 6. The summed E-state index contributed by atoms with van der Waals surface area (Å²) in [4.78, 5) is 11.1. The lowest BCUT2D eigenvalue weighted by molar-refractivity contribution is -0.151. The molecule has 0 spiro atoms. The van der Waals surface area contributed by atoms with Gasteiger partial charge in [0.25, 0.3) is 0 Å². The zero-order chi connectivity index (χ0) is 10.2. The molecule has 1 unspecified atom stereocenters. The van der Waals surface area contributed by atoms with Gasteiger partial charge in [0.05, 0.1) is 19.3 Å². The van der Waals surface area contributed by atoms with E-state index in [0.717, 1.165) is 25.9 Å². The molecular weight excluding hydrogens is 184 g/mol. The SMILES string of the molecule is CCCCOC(=O)COC1CCOC1. The van der Waals surface area contributed by atoms with Crippen LogP contribution in [0, 0.1) is 0 Å². The summed E-state index contributed by atoms with van der Waals surface area (Å²) in [5.41, 5.74) is 0. The fourth-order valence-corrected chi connectivity index (χ4v) is 1.20. The molecule has 0 aromatic rings. The second kappa shape index (κ2) is 6.79. The van der Waals surface area contributed by atoms with Crippen molar-refractivity contribution in [1.82, 2.24) is 0 Å². The maximum Gasteiger partial charge on any atom is 0.332 e. The fraction of sp³-hybridized carbons (Fsp3) is 0.900. The van der Waals surface area contributed by atoms with Gasteiger partial charge >= 0.3 is 5.97 Å². The third-order valence-electron chi connectivity index (χ3n) is 2.09. The van der Waals surface area contributed by atoms with E-state index in [1.807, 2.05) is 0 Å². The van der Waals surface area contributed by atoms with Crippen LogP contribution in [0.4, 0.5) is 0 Å². The highest BCUT2D eigenvalue weighted by atomic mass is 16.6. The van der Waals surface area contributed by atoms with Crippen LogP contribution in [0.5, 0.6) is 0 Å². The molecule has 0 aromatic carbocycles. The Morgan fingerprint density at radius 2 is 2.43 bits per heavy atom. The molecule has 1 rings (SSSR count). The summed E-state index contributed by atoms with van der Waals surface area (Å²) in [7, 11) is 0. The van der Waals surface area contributed by atoms with Gasteiger partial charge in [0.2, 0.25) is 0 Å². The number of ether oxygens (including phenoxy) is 3. The van der Waals surface area contributed by atoms with Gasteiger partial charge in [-0.1, -0.05) is 13.3 Å². The van der Waals surface area contributed by atoms with Crippen LogP contribution in [-0.2, 0) is 19.0 Å². The second-order valence-electron chi connectivity index (χ2n) is 3.37. The van der Waals surface area contributed by atoms with E-state index in [1.165, 1.54) is 0 Å². The Hall–Kier alpha value is -0.610. The Morgan fingerprint density at radius 3 is 3.07 bits per heavy atom. The monoisotopic (exact) mass is 202 g/mol. The quantitative estimate of drug-likeness (QED) is 0.478. The molecule has 1 fully saturated rings. The van der Waals surface area contributed by atoms with E-state index in [9.17, 15) is 4.79 Å². The van der Waals surface area contributed by atoms with E-state index in [4.69, 9.17) is 14.2 Å². The average molecular weight is 202 g/mol. The molecule has 1 heterocycles. The Labute approximate surface area is 84.5 Å². The van der Waals surface area contributed by atoms with Crippen molar-refractivity contribution in [2.75, 3.05) is 26.4 Å². The highest BCUT2D eigenvalue weighted by molar-refractivity contribution is 5.70. The Morgan fingerprint density at radius 1 is 1.57 bits per heavy atom. The zero-order valence-electron chi connectivity index (χ0n) is 8.66. The Bertz CT molecular complexity index is 164. The van der Waals surface area contributed by atoms with E-state index in [2.05, 4.69) is 6.92 Å². The van der Waals surface area contributed by atoms with Crippen LogP contribution in [0.25, 0.3) is 0 Å². The molecule has 82 valence electrons. The van der Waals surface area contributed by atoms with Gasteiger partial charge in [0, 0.05) is 6.61 Å². The number of hydrogen-bond acceptors (Lipinski definition) is 4. The highest BCUT2D eigenvalue weighted by Crippen LogP contribution is 2.07. The van der Waals surface area contributed by atoms with Gasteiger partial charge < -0.3 is 14.2 Å². The molecule has 1 saturated heterocycles. The minimum atomic E-state index is -0.273.